The van der Waals surface area contributed by atoms with Crippen molar-refractivity contribution in [2.75, 3.05) is 0 Å². The highest BCUT2D eigenvalue weighted by atomic mass is 35.7. The van der Waals surface area contributed by atoms with Crippen LogP contribution in [0.5, 0.6) is 0 Å². The zero-order valence-corrected chi connectivity index (χ0v) is 7.61. The van der Waals surface area contributed by atoms with Crippen LogP contribution >= 0.6 is 10.7 Å². The number of nitrogens with zero attached hydrogens (tertiary/aromatic N) is 1. The standard InChI is InChI=1S/C5H5ClN2O3S/c1-3-2-4(9)8-5(7-3)12(6,10)11/h2H,1H3,(H,7,8,9). The lowest BCUT2D eigenvalue weighted by Gasteiger charge is -1.94. The molecule has 12 heavy (non-hydrogen) atoms. The van der Waals surface area contributed by atoms with Gasteiger partial charge in [-0.05, 0) is 6.92 Å². The van der Waals surface area contributed by atoms with Crippen molar-refractivity contribution in [3.05, 3.63) is 22.1 Å². The van der Waals surface area contributed by atoms with Gasteiger partial charge >= 0.3 is 0 Å². The molecular formula is C5H5ClN2O3S. The summed E-state index contributed by atoms with van der Waals surface area (Å²) in [5, 5.41) is -0.519. The molecule has 1 rings (SSSR count). The molecule has 1 N–H and O–H groups in total. The summed E-state index contributed by atoms with van der Waals surface area (Å²) >= 11 is 0. The number of hydrogen-bond acceptors (Lipinski definition) is 4. The molecule has 7 heteroatoms. The number of halogens is 1. The number of aromatic amines is 1. The maximum absolute atomic E-state index is 10.7. The third-order valence-electron chi connectivity index (χ3n) is 1.08. The van der Waals surface area contributed by atoms with Crippen molar-refractivity contribution in [1.29, 1.82) is 0 Å². The molecular weight excluding hydrogens is 204 g/mol. The van der Waals surface area contributed by atoms with E-state index in [0.717, 1.165) is 0 Å². The van der Waals surface area contributed by atoms with E-state index in [9.17, 15) is 13.2 Å². The Balaban J connectivity index is 3.48. The molecule has 1 aromatic heterocycles. The molecule has 66 valence electrons. The van der Waals surface area contributed by atoms with Gasteiger partial charge in [-0.3, -0.25) is 9.78 Å². The molecule has 0 aromatic carbocycles. The average Bonchev–Trinajstić information content (AvgIpc) is 1.82. The molecule has 0 saturated heterocycles. The topological polar surface area (TPSA) is 79.9 Å². The van der Waals surface area contributed by atoms with E-state index in [1.807, 2.05) is 4.98 Å². The van der Waals surface area contributed by atoms with Crippen LogP contribution in [0.3, 0.4) is 0 Å². The van der Waals surface area contributed by atoms with E-state index < -0.39 is 19.8 Å². The van der Waals surface area contributed by atoms with Crippen molar-refractivity contribution < 1.29 is 8.42 Å². The zero-order chi connectivity index (χ0) is 9.35. The van der Waals surface area contributed by atoms with Gasteiger partial charge in [0.25, 0.3) is 14.6 Å². The second-order valence-corrected chi connectivity index (χ2v) is 4.61. The molecule has 0 aliphatic rings. The second kappa shape index (κ2) is 2.87. The third kappa shape index (κ3) is 2.05. The van der Waals surface area contributed by atoms with Gasteiger partial charge in [-0.1, -0.05) is 0 Å². The van der Waals surface area contributed by atoms with Crippen molar-refractivity contribution in [3.63, 3.8) is 0 Å². The Hall–Kier alpha value is -0.880. The van der Waals surface area contributed by atoms with Crippen LogP contribution in [-0.2, 0) is 9.05 Å². The van der Waals surface area contributed by atoms with Crippen LogP contribution in [0.1, 0.15) is 5.69 Å². The lowest BCUT2D eigenvalue weighted by Crippen LogP contribution is -2.12. The van der Waals surface area contributed by atoms with Gasteiger partial charge in [0.05, 0.1) is 0 Å². The van der Waals surface area contributed by atoms with Crippen molar-refractivity contribution >= 4 is 19.7 Å². The first-order valence-corrected chi connectivity index (χ1v) is 5.23. The van der Waals surface area contributed by atoms with Crippen LogP contribution in [0.15, 0.2) is 16.0 Å². The predicted molar refractivity (Wildman–Crippen MR) is 42.6 cm³/mol. The second-order valence-electron chi connectivity index (χ2n) is 2.13. The quantitative estimate of drug-likeness (QED) is 0.521. The summed E-state index contributed by atoms with van der Waals surface area (Å²) in [5.41, 5.74) is -0.236. The Labute approximate surface area is 72.8 Å². The van der Waals surface area contributed by atoms with E-state index >= 15 is 0 Å². The Bertz CT molecular complexity index is 450. The van der Waals surface area contributed by atoms with Crippen LogP contribution in [0.2, 0.25) is 0 Å². The van der Waals surface area contributed by atoms with E-state index in [0.29, 0.717) is 5.69 Å². The van der Waals surface area contributed by atoms with E-state index in [2.05, 4.69) is 4.98 Å². The van der Waals surface area contributed by atoms with Crippen LogP contribution < -0.4 is 5.56 Å². The summed E-state index contributed by atoms with van der Waals surface area (Å²) in [6, 6.07) is 1.17. The molecule has 0 spiro atoms. The fraction of sp³-hybridized carbons (Fsp3) is 0.200. The summed E-state index contributed by atoms with van der Waals surface area (Å²) in [7, 11) is 1.000. The Kier molecular flexibility index (Phi) is 2.20. The SMILES string of the molecule is Cc1cc(=O)[nH]c(S(=O)(=O)Cl)n1. The Morgan fingerprint density at radius 2 is 2.17 bits per heavy atom. The van der Waals surface area contributed by atoms with E-state index in [4.69, 9.17) is 10.7 Å². The molecule has 0 saturated carbocycles. The van der Waals surface area contributed by atoms with Crippen LogP contribution in [0, 0.1) is 6.92 Å². The van der Waals surface area contributed by atoms with Gasteiger partial charge in [0, 0.05) is 22.4 Å². The molecule has 5 nitrogen and oxygen atoms in total. The van der Waals surface area contributed by atoms with Gasteiger partial charge in [0.15, 0.2) is 0 Å². The number of nitrogens with one attached hydrogen (secondary N) is 1. The lowest BCUT2D eigenvalue weighted by atomic mass is 10.5. The van der Waals surface area contributed by atoms with Crippen LogP contribution in [0.4, 0.5) is 0 Å². The number of aromatic nitrogens is 2. The predicted octanol–water partition coefficient (Wildman–Crippen LogP) is 0.00582. The Morgan fingerprint density at radius 1 is 1.58 bits per heavy atom. The zero-order valence-electron chi connectivity index (χ0n) is 6.04. The van der Waals surface area contributed by atoms with Gasteiger partial charge in [-0.25, -0.2) is 13.4 Å². The van der Waals surface area contributed by atoms with Gasteiger partial charge < -0.3 is 0 Å². The molecule has 0 radical (unpaired) electrons. The number of hydrogen-bond donors (Lipinski definition) is 1. The first-order valence-electron chi connectivity index (χ1n) is 2.92. The van der Waals surface area contributed by atoms with Crippen LogP contribution in [0.25, 0.3) is 0 Å². The number of aryl methyl sites for hydroxylation is 1. The molecule has 1 heterocycles. The largest absolute Gasteiger partial charge is 0.296 e. The number of H-pyrrole nitrogens is 1. The minimum Gasteiger partial charge on any atom is -0.296 e. The minimum absolute atomic E-state index is 0.304. The highest BCUT2D eigenvalue weighted by molar-refractivity contribution is 8.13. The maximum Gasteiger partial charge on any atom is 0.294 e. The first-order chi connectivity index (χ1) is 5.39. The molecule has 0 aliphatic heterocycles. The summed E-state index contributed by atoms with van der Waals surface area (Å²) in [4.78, 5) is 16.3. The fourth-order valence-electron chi connectivity index (χ4n) is 0.667. The molecule has 0 unspecified atom stereocenters. The van der Waals surface area contributed by atoms with Gasteiger partial charge in [-0.15, -0.1) is 0 Å². The normalized spacial score (nSPS) is 11.5. The first kappa shape index (κ1) is 9.21. The lowest BCUT2D eigenvalue weighted by molar-refractivity contribution is 0.599. The van der Waals surface area contributed by atoms with Crippen molar-refractivity contribution in [3.8, 4) is 0 Å². The highest BCUT2D eigenvalue weighted by Crippen LogP contribution is 2.06. The smallest absolute Gasteiger partial charge is 0.294 e. The maximum atomic E-state index is 10.7. The van der Waals surface area contributed by atoms with Gasteiger partial charge in [0.2, 0.25) is 5.16 Å². The summed E-state index contributed by atoms with van der Waals surface area (Å²) in [6.07, 6.45) is 0. The van der Waals surface area contributed by atoms with E-state index in [-0.39, 0.29) is 0 Å². The van der Waals surface area contributed by atoms with Gasteiger partial charge in [0.1, 0.15) is 0 Å². The molecule has 0 atom stereocenters. The minimum atomic E-state index is -3.94. The van der Waals surface area contributed by atoms with Crippen molar-refractivity contribution in [1.82, 2.24) is 9.97 Å². The van der Waals surface area contributed by atoms with Crippen LogP contribution in [-0.4, -0.2) is 18.4 Å². The van der Waals surface area contributed by atoms with Gasteiger partial charge in [-0.2, -0.15) is 0 Å². The summed E-state index contributed by atoms with van der Waals surface area (Å²) in [5.74, 6) is 0. The molecule has 0 bridgehead atoms. The Morgan fingerprint density at radius 3 is 2.58 bits per heavy atom. The number of rotatable bonds is 1. The fourth-order valence-corrected chi connectivity index (χ4v) is 1.36. The molecule has 0 fully saturated rings. The average molecular weight is 209 g/mol. The summed E-state index contributed by atoms with van der Waals surface area (Å²) in [6.45, 7) is 1.50. The monoisotopic (exact) mass is 208 g/mol. The third-order valence-corrected chi connectivity index (χ3v) is 2.17. The highest BCUT2D eigenvalue weighted by Gasteiger charge is 2.12. The van der Waals surface area contributed by atoms with Crippen molar-refractivity contribution in [2.45, 2.75) is 12.1 Å². The molecule has 0 amide bonds. The molecule has 0 aliphatic carbocycles. The molecule has 1 aromatic rings. The van der Waals surface area contributed by atoms with E-state index in [1.165, 1.54) is 13.0 Å². The summed E-state index contributed by atoms with van der Waals surface area (Å²) < 4.78 is 21.3. The van der Waals surface area contributed by atoms with Crippen molar-refractivity contribution in [2.24, 2.45) is 0 Å². The van der Waals surface area contributed by atoms with E-state index in [1.54, 1.807) is 0 Å².